The fourth-order valence-corrected chi connectivity index (χ4v) is 12.9. The van der Waals surface area contributed by atoms with Gasteiger partial charge in [0.25, 0.3) is 0 Å². The number of hydrogen-bond acceptors (Lipinski definition) is 1. The maximum Gasteiger partial charge on any atom is 0.0726 e. The van der Waals surface area contributed by atoms with Crippen LogP contribution in [0.15, 0.2) is 188 Å². The number of benzene rings is 9. The SMILES string of the molecule is CC1(C)CCC(C)(C)c2cc(-c3cc4c(cc3N(c3ccc5c(c3)C(C)(C)c3ccccc3-5)c3ccc5ccccc5c3)C3(c5ccccc5-c5ccccc53)c3ccccc3-4)ccc21. The van der Waals surface area contributed by atoms with Gasteiger partial charge in [-0.1, -0.05) is 193 Å². The molecule has 0 atom stereocenters. The van der Waals surface area contributed by atoms with Gasteiger partial charge in [0.1, 0.15) is 0 Å². The van der Waals surface area contributed by atoms with Crippen molar-refractivity contribution in [3.05, 3.63) is 233 Å². The van der Waals surface area contributed by atoms with Crippen LogP contribution in [0.4, 0.5) is 17.1 Å². The van der Waals surface area contributed by atoms with Crippen molar-refractivity contribution in [2.45, 2.75) is 76.0 Å². The van der Waals surface area contributed by atoms with Crippen molar-refractivity contribution < 1.29 is 0 Å². The maximum atomic E-state index is 2.61. The molecule has 0 unspecified atom stereocenters. The number of hydrogen-bond donors (Lipinski definition) is 0. The lowest BCUT2D eigenvalue weighted by Gasteiger charge is -2.42. The third kappa shape index (κ3) is 5.21. The van der Waals surface area contributed by atoms with Crippen molar-refractivity contribution in [2.24, 2.45) is 0 Å². The molecule has 0 radical (unpaired) electrons. The van der Waals surface area contributed by atoms with Crippen LogP contribution in [0.1, 0.15) is 98.9 Å². The van der Waals surface area contributed by atoms with Crippen molar-refractivity contribution in [1.82, 2.24) is 0 Å². The summed E-state index contributed by atoms with van der Waals surface area (Å²) in [5.41, 5.74) is 24.6. The highest BCUT2D eigenvalue weighted by molar-refractivity contribution is 6.01. The summed E-state index contributed by atoms with van der Waals surface area (Å²) in [6, 6.07) is 72.4. The second-order valence-electron chi connectivity index (χ2n) is 21.1. The second-order valence-corrected chi connectivity index (χ2v) is 21.1. The third-order valence-electron chi connectivity index (χ3n) is 16.3. The Bertz CT molecular complexity index is 3440. The molecule has 0 fully saturated rings. The summed E-state index contributed by atoms with van der Waals surface area (Å²) >= 11 is 0. The van der Waals surface area contributed by atoms with Crippen LogP contribution >= 0.6 is 0 Å². The molecule has 0 N–H and O–H groups in total. The number of anilines is 3. The minimum absolute atomic E-state index is 0.0598. The topological polar surface area (TPSA) is 3.24 Å². The van der Waals surface area contributed by atoms with Gasteiger partial charge in [-0.3, -0.25) is 0 Å². The van der Waals surface area contributed by atoms with E-state index in [-0.39, 0.29) is 16.2 Å². The molecule has 4 aliphatic carbocycles. The predicted octanol–water partition coefficient (Wildman–Crippen LogP) is 17.0. The molecule has 13 rings (SSSR count). The van der Waals surface area contributed by atoms with E-state index in [0.717, 1.165) is 11.4 Å². The summed E-state index contributed by atoms with van der Waals surface area (Å²) in [5, 5.41) is 2.47. The van der Waals surface area contributed by atoms with E-state index in [9.17, 15) is 0 Å². The Morgan fingerprint density at radius 2 is 0.831 bits per heavy atom. The van der Waals surface area contributed by atoms with Crippen LogP contribution in [0.2, 0.25) is 0 Å². The molecule has 0 aliphatic heterocycles. The van der Waals surface area contributed by atoms with Gasteiger partial charge in [-0.25, -0.2) is 0 Å². The molecule has 9 aromatic carbocycles. The Labute approximate surface area is 384 Å². The fraction of sp³-hybridized carbons (Fsp3) is 0.188. The zero-order valence-corrected chi connectivity index (χ0v) is 38.3. The Balaban J connectivity index is 1.16. The van der Waals surface area contributed by atoms with Crippen LogP contribution in [0.25, 0.3) is 55.3 Å². The predicted molar refractivity (Wildman–Crippen MR) is 273 cm³/mol. The van der Waals surface area contributed by atoms with E-state index in [4.69, 9.17) is 0 Å². The summed E-state index contributed by atoms with van der Waals surface area (Å²) in [4.78, 5) is 2.60. The quantitative estimate of drug-likeness (QED) is 0.171. The van der Waals surface area contributed by atoms with Gasteiger partial charge >= 0.3 is 0 Å². The van der Waals surface area contributed by atoms with Crippen molar-refractivity contribution >= 4 is 27.8 Å². The molecule has 4 aliphatic rings. The molecular formula is C64H53N. The number of nitrogens with zero attached hydrogens (tertiary/aromatic N) is 1. The van der Waals surface area contributed by atoms with Crippen molar-refractivity contribution in [3.63, 3.8) is 0 Å². The van der Waals surface area contributed by atoms with Gasteiger partial charge in [0.15, 0.2) is 0 Å². The van der Waals surface area contributed by atoms with Crippen molar-refractivity contribution in [1.29, 1.82) is 0 Å². The molecule has 0 bridgehead atoms. The van der Waals surface area contributed by atoms with Gasteiger partial charge in [0.2, 0.25) is 0 Å². The highest BCUT2D eigenvalue weighted by Crippen LogP contribution is 2.64. The minimum atomic E-state index is -0.481. The molecule has 1 spiro atoms. The van der Waals surface area contributed by atoms with Gasteiger partial charge in [-0.05, 0) is 154 Å². The molecule has 1 heteroatoms. The normalized spacial score (nSPS) is 16.8. The van der Waals surface area contributed by atoms with E-state index >= 15 is 0 Å². The lowest BCUT2D eigenvalue weighted by atomic mass is 9.63. The van der Waals surface area contributed by atoms with Crippen LogP contribution in [0.5, 0.6) is 0 Å². The molecule has 1 nitrogen and oxygen atoms in total. The Hall–Kier alpha value is -6.96. The summed E-state index contributed by atoms with van der Waals surface area (Å²) in [6.07, 6.45) is 2.35. The monoisotopic (exact) mass is 835 g/mol. The highest BCUT2D eigenvalue weighted by Gasteiger charge is 2.52. The first kappa shape index (κ1) is 38.5. The summed E-state index contributed by atoms with van der Waals surface area (Å²) in [6.45, 7) is 14.6. The molecular weight excluding hydrogens is 783 g/mol. The van der Waals surface area contributed by atoms with E-state index < -0.39 is 5.41 Å². The molecule has 314 valence electrons. The standard InChI is InChI=1S/C64H53N/c1-61(2)33-34-62(3,4)59-36-42(28-32-56(59)61)50-38-51-48-22-12-16-26-55(48)64(53-24-14-10-20-46(53)47-21-11-15-25-54(47)64)58(51)39-60(50)65(43-29-27-40-17-7-8-18-41(40)35-43)44-30-31-49-45-19-9-13-23-52(45)63(5,6)57(49)37-44/h7-32,35-39H,33-34H2,1-6H3. The van der Waals surface area contributed by atoms with E-state index in [0.29, 0.717) is 0 Å². The van der Waals surface area contributed by atoms with E-state index in [1.165, 1.54) is 118 Å². The van der Waals surface area contributed by atoms with Gasteiger partial charge in [0.05, 0.1) is 11.1 Å². The van der Waals surface area contributed by atoms with Crippen LogP contribution in [0, 0.1) is 0 Å². The Kier molecular flexibility index (Phi) is 7.88. The van der Waals surface area contributed by atoms with Crippen LogP contribution in [-0.2, 0) is 21.7 Å². The molecule has 65 heavy (non-hydrogen) atoms. The zero-order chi connectivity index (χ0) is 44.0. The van der Waals surface area contributed by atoms with E-state index in [1.54, 1.807) is 0 Å². The third-order valence-corrected chi connectivity index (χ3v) is 16.3. The summed E-state index contributed by atoms with van der Waals surface area (Å²) in [7, 11) is 0. The van der Waals surface area contributed by atoms with Gasteiger partial charge < -0.3 is 4.90 Å². The van der Waals surface area contributed by atoms with Gasteiger partial charge in [0, 0.05) is 22.4 Å². The lowest BCUT2D eigenvalue weighted by molar-refractivity contribution is 0.332. The second kappa shape index (κ2) is 13.3. The largest absolute Gasteiger partial charge is 0.310 e. The molecule has 0 heterocycles. The maximum absolute atomic E-state index is 2.61. The molecule has 0 saturated heterocycles. The summed E-state index contributed by atoms with van der Waals surface area (Å²) < 4.78 is 0. The minimum Gasteiger partial charge on any atom is -0.310 e. The van der Waals surface area contributed by atoms with Gasteiger partial charge in [-0.15, -0.1) is 0 Å². The highest BCUT2D eigenvalue weighted by atomic mass is 15.1. The lowest BCUT2D eigenvalue weighted by Crippen LogP contribution is -2.33. The summed E-state index contributed by atoms with van der Waals surface area (Å²) in [5.74, 6) is 0. The average molecular weight is 836 g/mol. The van der Waals surface area contributed by atoms with Crippen molar-refractivity contribution in [2.75, 3.05) is 4.90 Å². The first-order valence-electron chi connectivity index (χ1n) is 23.6. The van der Waals surface area contributed by atoms with E-state index in [1.807, 2.05) is 0 Å². The zero-order valence-electron chi connectivity index (χ0n) is 38.3. The smallest absolute Gasteiger partial charge is 0.0726 e. The first-order valence-corrected chi connectivity index (χ1v) is 23.6. The molecule has 0 aromatic heterocycles. The number of rotatable bonds is 4. The van der Waals surface area contributed by atoms with Crippen LogP contribution < -0.4 is 4.90 Å². The van der Waals surface area contributed by atoms with Crippen molar-refractivity contribution in [3.8, 4) is 44.5 Å². The molecule has 0 saturated carbocycles. The molecule has 9 aromatic rings. The van der Waals surface area contributed by atoms with Crippen LogP contribution in [0.3, 0.4) is 0 Å². The molecule has 0 amide bonds. The Morgan fingerprint density at radius 1 is 0.323 bits per heavy atom. The number of fused-ring (bicyclic) bond motifs is 15. The van der Waals surface area contributed by atoms with Gasteiger partial charge in [-0.2, -0.15) is 0 Å². The fourth-order valence-electron chi connectivity index (χ4n) is 12.9. The first-order chi connectivity index (χ1) is 31.5. The van der Waals surface area contributed by atoms with Crippen LogP contribution in [-0.4, -0.2) is 0 Å². The average Bonchev–Trinajstić information content (AvgIpc) is 3.88. The van der Waals surface area contributed by atoms with E-state index in [2.05, 4.69) is 234 Å². The Morgan fingerprint density at radius 3 is 1.49 bits per heavy atom.